The minimum absolute atomic E-state index is 0.225. The molecule has 3 heteroatoms. The molecule has 24 heavy (non-hydrogen) atoms. The third-order valence-corrected chi connectivity index (χ3v) is 4.87. The fraction of sp³-hybridized carbons (Fsp3) is 0.857. The number of hydrogen-bond acceptors (Lipinski definition) is 2. The van der Waals surface area contributed by atoms with Crippen LogP contribution in [0.25, 0.3) is 0 Å². The molecule has 3 nitrogen and oxygen atoms in total. The van der Waals surface area contributed by atoms with Crippen molar-refractivity contribution in [1.82, 2.24) is 9.55 Å². The molecule has 0 radical (unpaired) electrons. The first kappa shape index (κ1) is 21.2. The van der Waals surface area contributed by atoms with Crippen LogP contribution in [-0.2, 0) is 6.54 Å². The van der Waals surface area contributed by atoms with Crippen LogP contribution in [0.5, 0.6) is 0 Å². The van der Waals surface area contributed by atoms with Gasteiger partial charge in [0.2, 0.25) is 0 Å². The van der Waals surface area contributed by atoms with Crippen molar-refractivity contribution in [3.8, 4) is 0 Å². The number of imidazole rings is 1. The van der Waals surface area contributed by atoms with Gasteiger partial charge in [0, 0.05) is 18.9 Å². The van der Waals surface area contributed by atoms with Gasteiger partial charge in [0.15, 0.2) is 0 Å². The van der Waals surface area contributed by atoms with Crippen LogP contribution in [0.2, 0.25) is 0 Å². The van der Waals surface area contributed by atoms with E-state index in [9.17, 15) is 5.11 Å². The van der Waals surface area contributed by atoms with Crippen molar-refractivity contribution >= 4 is 0 Å². The van der Waals surface area contributed by atoms with Crippen LogP contribution in [-0.4, -0.2) is 20.8 Å². The fourth-order valence-electron chi connectivity index (χ4n) is 3.30. The summed E-state index contributed by atoms with van der Waals surface area (Å²) in [5, 5.41) is 9.96. The molecule has 0 amide bonds. The molecular formula is C21H40N2O. The molecule has 0 aromatic carbocycles. The zero-order valence-electron chi connectivity index (χ0n) is 16.0. The topological polar surface area (TPSA) is 38.0 Å². The Labute approximate surface area is 149 Å². The van der Waals surface area contributed by atoms with Crippen molar-refractivity contribution in [2.45, 2.75) is 116 Å². The van der Waals surface area contributed by atoms with Crippen LogP contribution in [0.1, 0.15) is 103 Å². The van der Waals surface area contributed by atoms with E-state index in [2.05, 4.69) is 11.9 Å². The van der Waals surface area contributed by atoms with Crippen molar-refractivity contribution in [3.63, 3.8) is 0 Å². The summed E-state index contributed by atoms with van der Waals surface area (Å²) in [6.07, 6.45) is 25.5. The molecule has 140 valence electrons. The Kier molecular flexibility index (Phi) is 13.9. The van der Waals surface area contributed by atoms with Gasteiger partial charge in [0.25, 0.3) is 0 Å². The standard InChI is InChI=1S/C21H40N2O/c1-2-3-4-5-6-7-8-9-10-11-12-13-14-15-16-21(24)19-23-18-17-22-20-23/h17-18,20-21,24H,2-16,19H2,1H3. The SMILES string of the molecule is CCCCCCCCCCCCCCCCC(O)Cn1ccnc1. The van der Waals surface area contributed by atoms with E-state index in [1.54, 1.807) is 12.5 Å². The van der Waals surface area contributed by atoms with E-state index >= 15 is 0 Å². The second kappa shape index (κ2) is 15.7. The zero-order chi connectivity index (χ0) is 17.3. The third-order valence-electron chi connectivity index (χ3n) is 4.87. The highest BCUT2D eigenvalue weighted by molar-refractivity contribution is 4.75. The number of unbranched alkanes of at least 4 members (excludes halogenated alkanes) is 13. The lowest BCUT2D eigenvalue weighted by molar-refractivity contribution is 0.140. The first-order valence-electron chi connectivity index (χ1n) is 10.5. The number of rotatable bonds is 17. The van der Waals surface area contributed by atoms with Crippen molar-refractivity contribution in [1.29, 1.82) is 0 Å². The normalized spacial score (nSPS) is 12.6. The van der Waals surface area contributed by atoms with Gasteiger partial charge in [-0.25, -0.2) is 4.98 Å². The monoisotopic (exact) mass is 336 g/mol. The highest BCUT2D eigenvalue weighted by Gasteiger charge is 2.04. The number of aliphatic hydroxyl groups is 1. The van der Waals surface area contributed by atoms with Crippen molar-refractivity contribution in [2.24, 2.45) is 0 Å². The molecule has 1 aromatic heterocycles. The molecule has 0 aliphatic rings. The van der Waals surface area contributed by atoms with E-state index in [0.717, 1.165) is 12.8 Å². The molecule has 1 N–H and O–H groups in total. The second-order valence-electron chi connectivity index (χ2n) is 7.30. The van der Waals surface area contributed by atoms with Gasteiger partial charge < -0.3 is 9.67 Å². The molecule has 1 unspecified atom stereocenters. The molecule has 0 aliphatic carbocycles. The van der Waals surface area contributed by atoms with E-state index in [1.807, 2.05) is 10.8 Å². The second-order valence-corrected chi connectivity index (χ2v) is 7.30. The molecule has 0 fully saturated rings. The lowest BCUT2D eigenvalue weighted by atomic mass is 10.0. The van der Waals surface area contributed by atoms with Gasteiger partial charge in [-0.15, -0.1) is 0 Å². The van der Waals surface area contributed by atoms with E-state index in [0.29, 0.717) is 6.54 Å². The Morgan fingerprint density at radius 1 is 0.792 bits per heavy atom. The van der Waals surface area contributed by atoms with Gasteiger partial charge >= 0.3 is 0 Å². The number of aromatic nitrogens is 2. The summed E-state index contributed by atoms with van der Waals surface area (Å²) >= 11 is 0. The maximum Gasteiger partial charge on any atom is 0.0946 e. The lowest BCUT2D eigenvalue weighted by Crippen LogP contribution is -2.14. The highest BCUT2D eigenvalue weighted by Crippen LogP contribution is 2.14. The van der Waals surface area contributed by atoms with Crippen LogP contribution < -0.4 is 0 Å². The number of nitrogens with zero attached hydrogens (tertiary/aromatic N) is 2. The maximum absolute atomic E-state index is 9.96. The number of hydrogen-bond donors (Lipinski definition) is 1. The molecule has 0 spiro atoms. The largest absolute Gasteiger partial charge is 0.391 e. The molecule has 1 aromatic rings. The molecule has 1 rings (SSSR count). The third kappa shape index (κ3) is 12.6. The Morgan fingerprint density at radius 2 is 1.29 bits per heavy atom. The highest BCUT2D eigenvalue weighted by atomic mass is 16.3. The van der Waals surface area contributed by atoms with E-state index in [1.165, 1.54) is 83.5 Å². The van der Waals surface area contributed by atoms with Crippen LogP contribution in [0.3, 0.4) is 0 Å². The summed E-state index contributed by atoms with van der Waals surface area (Å²) in [4.78, 5) is 4.00. The summed E-state index contributed by atoms with van der Waals surface area (Å²) in [7, 11) is 0. The Hall–Kier alpha value is -0.830. The van der Waals surface area contributed by atoms with Crippen LogP contribution >= 0.6 is 0 Å². The van der Waals surface area contributed by atoms with Gasteiger partial charge in [0.05, 0.1) is 12.4 Å². The molecular weight excluding hydrogens is 296 g/mol. The van der Waals surface area contributed by atoms with E-state index in [4.69, 9.17) is 0 Å². The van der Waals surface area contributed by atoms with Crippen molar-refractivity contribution in [3.05, 3.63) is 18.7 Å². The minimum Gasteiger partial charge on any atom is -0.391 e. The number of aliphatic hydroxyl groups excluding tert-OH is 1. The Balaban J connectivity index is 1.74. The zero-order valence-corrected chi connectivity index (χ0v) is 16.0. The van der Waals surface area contributed by atoms with Gasteiger partial charge in [0.1, 0.15) is 0 Å². The Bertz CT molecular complexity index is 351. The van der Waals surface area contributed by atoms with Gasteiger partial charge in [-0.05, 0) is 6.42 Å². The summed E-state index contributed by atoms with van der Waals surface area (Å²) in [6.45, 7) is 2.96. The van der Waals surface area contributed by atoms with Crippen molar-refractivity contribution < 1.29 is 5.11 Å². The lowest BCUT2D eigenvalue weighted by Gasteiger charge is -2.10. The molecule has 0 saturated carbocycles. The van der Waals surface area contributed by atoms with Crippen molar-refractivity contribution in [2.75, 3.05) is 0 Å². The minimum atomic E-state index is -0.225. The molecule has 1 atom stereocenters. The van der Waals surface area contributed by atoms with Crippen LogP contribution in [0.4, 0.5) is 0 Å². The van der Waals surface area contributed by atoms with E-state index in [-0.39, 0.29) is 6.10 Å². The molecule has 0 saturated heterocycles. The summed E-state index contributed by atoms with van der Waals surface area (Å²) in [5.41, 5.74) is 0. The predicted molar refractivity (Wildman–Crippen MR) is 103 cm³/mol. The van der Waals surface area contributed by atoms with Gasteiger partial charge in [-0.1, -0.05) is 96.8 Å². The first-order chi connectivity index (χ1) is 11.8. The average Bonchev–Trinajstić information content (AvgIpc) is 3.08. The summed E-state index contributed by atoms with van der Waals surface area (Å²) in [5.74, 6) is 0. The Morgan fingerprint density at radius 3 is 1.75 bits per heavy atom. The smallest absolute Gasteiger partial charge is 0.0946 e. The van der Waals surface area contributed by atoms with Gasteiger partial charge in [-0.2, -0.15) is 0 Å². The quantitative estimate of drug-likeness (QED) is 0.348. The maximum atomic E-state index is 9.96. The average molecular weight is 337 g/mol. The van der Waals surface area contributed by atoms with Gasteiger partial charge in [-0.3, -0.25) is 0 Å². The summed E-state index contributed by atoms with van der Waals surface area (Å²) < 4.78 is 1.95. The van der Waals surface area contributed by atoms with E-state index < -0.39 is 0 Å². The molecule has 1 heterocycles. The predicted octanol–water partition coefficient (Wildman–Crippen LogP) is 6.12. The summed E-state index contributed by atoms with van der Waals surface area (Å²) in [6, 6.07) is 0. The van der Waals surface area contributed by atoms with Crippen LogP contribution in [0.15, 0.2) is 18.7 Å². The van der Waals surface area contributed by atoms with Crippen LogP contribution in [0, 0.1) is 0 Å². The molecule has 0 bridgehead atoms. The molecule has 0 aliphatic heterocycles. The first-order valence-corrected chi connectivity index (χ1v) is 10.5. The fourth-order valence-corrected chi connectivity index (χ4v) is 3.30.